The first-order valence-electron chi connectivity index (χ1n) is 22.7. The van der Waals surface area contributed by atoms with Crippen molar-refractivity contribution in [2.45, 2.75) is 105 Å². The van der Waals surface area contributed by atoms with Gasteiger partial charge in [-0.05, 0) is 166 Å². The molecule has 8 aromatic rings. The number of hydrogen-bond donors (Lipinski definition) is 0. The van der Waals surface area contributed by atoms with Gasteiger partial charge in [0.05, 0.1) is 5.69 Å². The predicted molar refractivity (Wildman–Crippen MR) is 272 cm³/mol. The predicted octanol–water partition coefficient (Wildman–Crippen LogP) is 14.7. The Hall–Kier alpha value is -5.58. The summed E-state index contributed by atoms with van der Waals surface area (Å²) in [7, 11) is 0. The van der Waals surface area contributed by atoms with E-state index in [0.29, 0.717) is 0 Å². The van der Waals surface area contributed by atoms with Crippen LogP contribution in [-0.4, -0.2) is 6.71 Å². The van der Waals surface area contributed by atoms with Crippen LogP contribution in [0.25, 0.3) is 31.3 Å². The topological polar surface area (TPSA) is 6.48 Å². The molecule has 0 unspecified atom stereocenters. The van der Waals surface area contributed by atoms with Gasteiger partial charge in [-0.15, -0.1) is 11.3 Å². The summed E-state index contributed by atoms with van der Waals surface area (Å²) >= 11 is 1.91. The smallest absolute Gasteiger partial charge is 0.252 e. The van der Waals surface area contributed by atoms with Gasteiger partial charge in [-0.2, -0.15) is 0 Å². The van der Waals surface area contributed by atoms with Gasteiger partial charge in [0.1, 0.15) is 0 Å². The summed E-state index contributed by atoms with van der Waals surface area (Å²) < 4.78 is 2.66. The molecule has 0 fully saturated rings. The van der Waals surface area contributed by atoms with Crippen molar-refractivity contribution >= 4 is 88.7 Å². The highest BCUT2D eigenvalue weighted by molar-refractivity contribution is 7.26. The second-order valence-electron chi connectivity index (χ2n) is 21.0. The number of hydrogen-bond acceptors (Lipinski definition) is 3. The van der Waals surface area contributed by atoms with Crippen molar-refractivity contribution in [3.05, 3.63) is 160 Å². The van der Waals surface area contributed by atoms with Crippen LogP contribution in [0.4, 0.5) is 34.1 Å². The van der Waals surface area contributed by atoms with Crippen LogP contribution in [0.5, 0.6) is 0 Å². The summed E-state index contributed by atoms with van der Waals surface area (Å²) in [6.45, 7) is 26.1. The van der Waals surface area contributed by atoms with Crippen LogP contribution in [0.3, 0.4) is 0 Å². The molecule has 3 heterocycles. The number of nitrogens with zero attached hydrogens (tertiary/aromatic N) is 2. The summed E-state index contributed by atoms with van der Waals surface area (Å²) in [4.78, 5) is 5.35. The Kier molecular flexibility index (Phi) is 8.53. The molecule has 0 saturated heterocycles. The number of thiophene rings is 1. The molecule has 0 N–H and O–H groups in total. The van der Waals surface area contributed by atoms with E-state index in [1.165, 1.54) is 134 Å². The molecule has 2 nitrogen and oxygen atoms in total. The first kappa shape index (κ1) is 39.3. The summed E-state index contributed by atoms with van der Waals surface area (Å²) in [5, 5.41) is 2.68. The first-order chi connectivity index (χ1) is 29.5. The monoisotopic (exact) mass is 824 g/mol. The third kappa shape index (κ3) is 5.68. The maximum absolute atomic E-state index is 2.68. The number of rotatable bonds is 3. The Labute approximate surface area is 373 Å². The first-order valence-corrected chi connectivity index (χ1v) is 23.5. The van der Waals surface area contributed by atoms with Gasteiger partial charge in [-0.1, -0.05) is 127 Å². The number of para-hydroxylation sites is 1. The standard InChI is InChI=1S/C58H57BN2S/c1-34-17-12-14-21-45(34)61-49-31-38(52-35(2)18-16-19-36(52)3)30-48-54(49)59(43-24-26-51-53(55(43)61)40-20-13-15-22-50(40)62-51)44-32-39(56(5,6)7)23-25-46(44)60(48)47-33-42-41(29-37(47)4)57(8,9)27-28-58(42,10)11/h12-26,29-33H,27-28H2,1-11H3. The fraction of sp³-hybridized carbons (Fsp3) is 0.276. The van der Waals surface area contributed by atoms with E-state index in [-0.39, 0.29) is 23.0 Å². The largest absolute Gasteiger partial charge is 0.311 e. The highest BCUT2D eigenvalue weighted by Gasteiger charge is 2.46. The molecule has 0 bridgehead atoms. The van der Waals surface area contributed by atoms with E-state index in [4.69, 9.17) is 0 Å². The maximum atomic E-state index is 2.68. The van der Waals surface area contributed by atoms with Crippen molar-refractivity contribution in [1.29, 1.82) is 0 Å². The maximum Gasteiger partial charge on any atom is 0.252 e. The second-order valence-corrected chi connectivity index (χ2v) is 22.1. The average molecular weight is 825 g/mol. The molecule has 0 saturated carbocycles. The van der Waals surface area contributed by atoms with Crippen molar-refractivity contribution in [1.82, 2.24) is 0 Å². The minimum atomic E-state index is -0.0231. The van der Waals surface area contributed by atoms with E-state index in [0.717, 1.165) is 0 Å². The molecule has 1 aromatic heterocycles. The zero-order valence-electron chi connectivity index (χ0n) is 38.3. The fourth-order valence-corrected chi connectivity index (χ4v) is 12.6. The zero-order valence-corrected chi connectivity index (χ0v) is 39.2. The molecule has 1 aliphatic carbocycles. The summed E-state index contributed by atoms with van der Waals surface area (Å²) in [5.41, 5.74) is 24.1. The van der Waals surface area contributed by atoms with E-state index in [1.54, 1.807) is 0 Å². The molecule has 0 spiro atoms. The summed E-state index contributed by atoms with van der Waals surface area (Å²) in [5.74, 6) is 0. The van der Waals surface area contributed by atoms with Crippen molar-refractivity contribution in [3.8, 4) is 11.1 Å². The molecule has 2 aliphatic heterocycles. The van der Waals surface area contributed by atoms with Crippen LogP contribution in [0.15, 0.2) is 121 Å². The minimum absolute atomic E-state index is 0.0206. The number of aryl methyl sites for hydroxylation is 4. The van der Waals surface area contributed by atoms with E-state index in [9.17, 15) is 0 Å². The normalized spacial score (nSPS) is 16.0. The Morgan fingerprint density at radius 1 is 0.532 bits per heavy atom. The highest BCUT2D eigenvalue weighted by atomic mass is 32.1. The van der Waals surface area contributed by atoms with Gasteiger partial charge < -0.3 is 9.80 Å². The Bertz CT molecular complexity index is 3170. The minimum Gasteiger partial charge on any atom is -0.311 e. The lowest BCUT2D eigenvalue weighted by molar-refractivity contribution is 0.332. The quantitative estimate of drug-likeness (QED) is 0.164. The van der Waals surface area contributed by atoms with Crippen LogP contribution in [0.1, 0.15) is 100 Å². The van der Waals surface area contributed by atoms with Crippen molar-refractivity contribution < 1.29 is 0 Å². The molecular formula is C58H57BN2S. The highest BCUT2D eigenvalue weighted by Crippen LogP contribution is 2.53. The van der Waals surface area contributed by atoms with Gasteiger partial charge >= 0.3 is 0 Å². The van der Waals surface area contributed by atoms with E-state index in [1.807, 2.05) is 11.3 Å². The lowest BCUT2D eigenvalue weighted by Gasteiger charge is -2.47. The van der Waals surface area contributed by atoms with Crippen molar-refractivity contribution in [2.75, 3.05) is 9.80 Å². The lowest BCUT2D eigenvalue weighted by atomic mass is 9.33. The van der Waals surface area contributed by atoms with E-state index < -0.39 is 0 Å². The summed E-state index contributed by atoms with van der Waals surface area (Å²) in [6.07, 6.45) is 2.37. The second kappa shape index (κ2) is 13.5. The lowest BCUT2D eigenvalue weighted by Crippen LogP contribution is -2.61. The Balaban J connectivity index is 1.33. The number of anilines is 6. The number of fused-ring (bicyclic) bond motifs is 9. The Morgan fingerprint density at radius 2 is 1.18 bits per heavy atom. The van der Waals surface area contributed by atoms with Crippen LogP contribution in [0, 0.1) is 27.7 Å². The molecule has 0 amide bonds. The van der Waals surface area contributed by atoms with Crippen molar-refractivity contribution in [2.24, 2.45) is 0 Å². The van der Waals surface area contributed by atoms with Crippen LogP contribution in [0.2, 0.25) is 0 Å². The third-order valence-corrected chi connectivity index (χ3v) is 16.1. The fourth-order valence-electron chi connectivity index (χ4n) is 11.5. The van der Waals surface area contributed by atoms with Gasteiger partial charge in [0.15, 0.2) is 0 Å². The molecule has 0 radical (unpaired) electrons. The van der Waals surface area contributed by atoms with Crippen LogP contribution < -0.4 is 26.2 Å². The van der Waals surface area contributed by atoms with Crippen LogP contribution in [-0.2, 0) is 16.2 Å². The SMILES string of the molecule is Cc1cc2c(cc1N1c3ccc(C(C)(C)C)cc3B3c4ccc5sc6ccccc6c5c4N(c4ccccc4C)c4cc(-c5c(C)cccc5C)cc1c43)C(C)(C)CCC2(C)C. The van der Waals surface area contributed by atoms with E-state index >= 15 is 0 Å². The average Bonchev–Trinajstić information content (AvgIpc) is 3.61. The van der Waals surface area contributed by atoms with Gasteiger partial charge in [-0.3, -0.25) is 0 Å². The van der Waals surface area contributed by atoms with Crippen molar-refractivity contribution in [3.63, 3.8) is 0 Å². The molecule has 3 aliphatic rings. The number of benzene rings is 7. The molecule has 4 heteroatoms. The molecule has 308 valence electrons. The third-order valence-electron chi connectivity index (χ3n) is 15.0. The zero-order chi connectivity index (χ0) is 43.2. The van der Waals surface area contributed by atoms with E-state index in [2.05, 4.69) is 207 Å². The van der Waals surface area contributed by atoms with Gasteiger partial charge in [0.25, 0.3) is 6.71 Å². The van der Waals surface area contributed by atoms with Gasteiger partial charge in [0.2, 0.25) is 0 Å². The van der Waals surface area contributed by atoms with Crippen LogP contribution >= 0.6 is 11.3 Å². The van der Waals surface area contributed by atoms with Gasteiger partial charge in [-0.25, -0.2) is 0 Å². The molecule has 7 aromatic carbocycles. The van der Waals surface area contributed by atoms with Gasteiger partial charge in [0, 0.05) is 48.6 Å². The Morgan fingerprint density at radius 3 is 1.89 bits per heavy atom. The molecule has 0 atom stereocenters. The molecular weight excluding hydrogens is 768 g/mol. The molecule has 11 rings (SSSR count). The summed E-state index contributed by atoms with van der Waals surface area (Å²) in [6, 6.07) is 47.4. The molecule has 62 heavy (non-hydrogen) atoms.